The lowest BCUT2D eigenvalue weighted by molar-refractivity contribution is 0.374. The molecule has 0 aliphatic heterocycles. The Bertz CT molecular complexity index is 256. The van der Waals surface area contributed by atoms with Gasteiger partial charge in [0.1, 0.15) is 5.75 Å². The SMILES string of the molecule is COc1ccnc(OC)c1CCS. The number of ether oxygens (including phenoxy) is 2. The molecule has 0 bridgehead atoms. The summed E-state index contributed by atoms with van der Waals surface area (Å²) in [6.07, 6.45) is 2.46. The summed E-state index contributed by atoms with van der Waals surface area (Å²) in [6.45, 7) is 0. The van der Waals surface area contributed by atoms with Gasteiger partial charge in [0.05, 0.1) is 19.8 Å². The fraction of sp³-hybridized carbons (Fsp3) is 0.444. The van der Waals surface area contributed by atoms with Gasteiger partial charge in [-0.15, -0.1) is 0 Å². The van der Waals surface area contributed by atoms with Crippen LogP contribution < -0.4 is 9.47 Å². The van der Waals surface area contributed by atoms with Crippen LogP contribution in [0.1, 0.15) is 5.56 Å². The summed E-state index contributed by atoms with van der Waals surface area (Å²) in [5.74, 6) is 2.17. The number of pyridine rings is 1. The summed E-state index contributed by atoms with van der Waals surface area (Å²) >= 11 is 4.17. The molecule has 1 rings (SSSR count). The molecule has 0 spiro atoms. The van der Waals surface area contributed by atoms with E-state index in [2.05, 4.69) is 17.6 Å². The molecule has 0 aliphatic carbocycles. The van der Waals surface area contributed by atoms with Crippen molar-refractivity contribution in [1.82, 2.24) is 4.98 Å². The molecule has 0 aliphatic rings. The molecule has 0 saturated heterocycles. The second kappa shape index (κ2) is 4.97. The van der Waals surface area contributed by atoms with Crippen LogP contribution in [0.5, 0.6) is 11.6 Å². The Morgan fingerprint density at radius 2 is 2.15 bits per heavy atom. The van der Waals surface area contributed by atoms with Gasteiger partial charge in [-0.2, -0.15) is 12.6 Å². The topological polar surface area (TPSA) is 31.4 Å². The molecule has 72 valence electrons. The third-order valence-electron chi connectivity index (χ3n) is 1.75. The smallest absolute Gasteiger partial charge is 0.220 e. The minimum Gasteiger partial charge on any atom is -0.496 e. The van der Waals surface area contributed by atoms with E-state index in [4.69, 9.17) is 9.47 Å². The van der Waals surface area contributed by atoms with Crippen molar-refractivity contribution in [2.24, 2.45) is 0 Å². The Balaban J connectivity index is 3.05. The van der Waals surface area contributed by atoms with Crippen molar-refractivity contribution in [3.05, 3.63) is 17.8 Å². The van der Waals surface area contributed by atoms with Crippen molar-refractivity contribution in [3.63, 3.8) is 0 Å². The zero-order valence-electron chi connectivity index (χ0n) is 7.78. The predicted octanol–water partition coefficient (Wildman–Crippen LogP) is 1.57. The number of hydrogen-bond donors (Lipinski definition) is 1. The van der Waals surface area contributed by atoms with E-state index in [0.717, 1.165) is 23.5 Å². The summed E-state index contributed by atoms with van der Waals surface area (Å²) in [5, 5.41) is 0. The number of nitrogens with zero attached hydrogens (tertiary/aromatic N) is 1. The van der Waals surface area contributed by atoms with Gasteiger partial charge in [0.15, 0.2) is 0 Å². The van der Waals surface area contributed by atoms with Crippen LogP contribution >= 0.6 is 12.6 Å². The van der Waals surface area contributed by atoms with E-state index in [9.17, 15) is 0 Å². The van der Waals surface area contributed by atoms with Crippen molar-refractivity contribution in [2.45, 2.75) is 6.42 Å². The van der Waals surface area contributed by atoms with E-state index < -0.39 is 0 Å². The Morgan fingerprint density at radius 1 is 1.38 bits per heavy atom. The molecule has 3 nitrogen and oxygen atoms in total. The summed E-state index contributed by atoms with van der Waals surface area (Å²) in [5.41, 5.74) is 0.975. The molecule has 4 heteroatoms. The van der Waals surface area contributed by atoms with Gasteiger partial charge in [-0.05, 0) is 18.2 Å². The number of thiol groups is 1. The third-order valence-corrected chi connectivity index (χ3v) is 1.97. The second-order valence-corrected chi connectivity index (χ2v) is 2.92. The van der Waals surface area contributed by atoms with Gasteiger partial charge < -0.3 is 9.47 Å². The summed E-state index contributed by atoms with van der Waals surface area (Å²) in [4.78, 5) is 4.09. The van der Waals surface area contributed by atoms with Crippen molar-refractivity contribution in [1.29, 1.82) is 0 Å². The molecule has 1 aromatic rings. The highest BCUT2D eigenvalue weighted by Crippen LogP contribution is 2.26. The predicted molar refractivity (Wildman–Crippen MR) is 54.9 cm³/mol. The first kappa shape index (κ1) is 10.2. The van der Waals surface area contributed by atoms with E-state index in [0.29, 0.717) is 5.88 Å². The van der Waals surface area contributed by atoms with E-state index in [-0.39, 0.29) is 0 Å². The second-order valence-electron chi connectivity index (χ2n) is 2.47. The molecule has 0 atom stereocenters. The highest BCUT2D eigenvalue weighted by atomic mass is 32.1. The van der Waals surface area contributed by atoms with Crippen LogP contribution in [0.4, 0.5) is 0 Å². The molecule has 0 saturated carbocycles. The monoisotopic (exact) mass is 199 g/mol. The van der Waals surface area contributed by atoms with Crippen LogP contribution in [-0.4, -0.2) is 25.0 Å². The molecule has 13 heavy (non-hydrogen) atoms. The molecule has 0 N–H and O–H groups in total. The zero-order valence-corrected chi connectivity index (χ0v) is 8.67. The summed E-state index contributed by atoms with van der Waals surface area (Å²) < 4.78 is 10.3. The number of hydrogen-bond acceptors (Lipinski definition) is 4. The largest absolute Gasteiger partial charge is 0.496 e. The van der Waals surface area contributed by atoms with Gasteiger partial charge in [-0.3, -0.25) is 0 Å². The number of aromatic nitrogens is 1. The van der Waals surface area contributed by atoms with Gasteiger partial charge in [0, 0.05) is 6.20 Å². The lowest BCUT2D eigenvalue weighted by Gasteiger charge is -2.10. The standard InChI is InChI=1S/C9H13NO2S/c1-11-8-3-5-10-9(12-2)7(8)4-6-13/h3,5,13H,4,6H2,1-2H3. The number of rotatable bonds is 4. The zero-order chi connectivity index (χ0) is 9.68. The van der Waals surface area contributed by atoms with Crippen LogP contribution in [0.25, 0.3) is 0 Å². The van der Waals surface area contributed by atoms with Gasteiger partial charge in [0.2, 0.25) is 5.88 Å². The Hall–Kier alpha value is -0.900. The Labute approximate surface area is 83.5 Å². The van der Waals surface area contributed by atoms with Gasteiger partial charge in [-0.1, -0.05) is 0 Å². The Kier molecular flexibility index (Phi) is 3.89. The van der Waals surface area contributed by atoms with E-state index in [1.54, 1.807) is 20.4 Å². The van der Waals surface area contributed by atoms with Crippen molar-refractivity contribution in [3.8, 4) is 11.6 Å². The highest BCUT2D eigenvalue weighted by Gasteiger charge is 2.09. The molecular formula is C9H13NO2S. The first-order valence-electron chi connectivity index (χ1n) is 4.00. The fourth-order valence-electron chi connectivity index (χ4n) is 1.17. The molecule has 1 heterocycles. The number of methoxy groups -OCH3 is 2. The third kappa shape index (κ3) is 2.28. The first-order valence-corrected chi connectivity index (χ1v) is 4.63. The fourth-order valence-corrected chi connectivity index (χ4v) is 1.39. The van der Waals surface area contributed by atoms with Crippen LogP contribution in [0.2, 0.25) is 0 Å². The van der Waals surface area contributed by atoms with Crippen LogP contribution in [-0.2, 0) is 6.42 Å². The van der Waals surface area contributed by atoms with Gasteiger partial charge in [0.25, 0.3) is 0 Å². The average molecular weight is 199 g/mol. The maximum absolute atomic E-state index is 5.19. The minimum absolute atomic E-state index is 0.619. The summed E-state index contributed by atoms with van der Waals surface area (Å²) in [6, 6.07) is 1.82. The van der Waals surface area contributed by atoms with Crippen LogP contribution in [0.3, 0.4) is 0 Å². The van der Waals surface area contributed by atoms with Crippen LogP contribution in [0, 0.1) is 0 Å². The van der Waals surface area contributed by atoms with Crippen molar-refractivity contribution in [2.75, 3.05) is 20.0 Å². The highest BCUT2D eigenvalue weighted by molar-refractivity contribution is 7.80. The maximum Gasteiger partial charge on any atom is 0.220 e. The lowest BCUT2D eigenvalue weighted by atomic mass is 10.2. The van der Waals surface area contributed by atoms with Gasteiger partial charge >= 0.3 is 0 Å². The lowest BCUT2D eigenvalue weighted by Crippen LogP contribution is -1.99. The molecule has 0 amide bonds. The van der Waals surface area contributed by atoms with E-state index >= 15 is 0 Å². The van der Waals surface area contributed by atoms with E-state index in [1.807, 2.05) is 6.07 Å². The molecular weight excluding hydrogens is 186 g/mol. The van der Waals surface area contributed by atoms with Gasteiger partial charge in [-0.25, -0.2) is 4.98 Å². The molecule has 0 radical (unpaired) electrons. The minimum atomic E-state index is 0.619. The molecule has 0 aromatic carbocycles. The normalized spacial score (nSPS) is 9.77. The summed E-state index contributed by atoms with van der Waals surface area (Å²) in [7, 11) is 3.24. The molecule has 0 fully saturated rings. The van der Waals surface area contributed by atoms with E-state index in [1.165, 1.54) is 0 Å². The maximum atomic E-state index is 5.19. The molecule has 0 unspecified atom stereocenters. The Morgan fingerprint density at radius 3 is 2.69 bits per heavy atom. The quantitative estimate of drug-likeness (QED) is 0.747. The van der Waals surface area contributed by atoms with Crippen molar-refractivity contribution >= 4 is 12.6 Å². The molecule has 1 aromatic heterocycles. The average Bonchev–Trinajstić information content (AvgIpc) is 2.18. The van der Waals surface area contributed by atoms with Crippen molar-refractivity contribution < 1.29 is 9.47 Å². The van der Waals surface area contributed by atoms with Crippen LogP contribution in [0.15, 0.2) is 12.3 Å². The first-order chi connectivity index (χ1) is 6.33.